The second-order valence-corrected chi connectivity index (χ2v) is 3.79. The normalized spacial score (nSPS) is 10.1. The van der Waals surface area contributed by atoms with Crippen LogP contribution in [0, 0.1) is 11.6 Å². The molecule has 2 rings (SSSR count). The quantitative estimate of drug-likeness (QED) is 0.903. The largest absolute Gasteiger partial charge is 0.478 e. The van der Waals surface area contributed by atoms with Crippen LogP contribution >= 0.6 is 0 Å². The van der Waals surface area contributed by atoms with Crippen LogP contribution in [0.1, 0.15) is 20.7 Å². The predicted octanol–water partition coefficient (Wildman–Crippen LogP) is 2.31. The molecular weight excluding hydrogens is 270 g/mol. The first-order valence-electron chi connectivity index (χ1n) is 5.44. The molecule has 20 heavy (non-hydrogen) atoms. The van der Waals surface area contributed by atoms with Crippen LogP contribution in [0.5, 0.6) is 0 Å². The minimum absolute atomic E-state index is 0.0708. The topological polar surface area (TPSA) is 79.3 Å². The van der Waals surface area contributed by atoms with E-state index in [-0.39, 0.29) is 11.4 Å². The monoisotopic (exact) mass is 278 g/mol. The van der Waals surface area contributed by atoms with E-state index in [2.05, 4.69) is 10.3 Å². The molecule has 1 aromatic heterocycles. The van der Waals surface area contributed by atoms with Gasteiger partial charge in [-0.05, 0) is 24.3 Å². The summed E-state index contributed by atoms with van der Waals surface area (Å²) in [4.78, 5) is 26.2. The zero-order valence-electron chi connectivity index (χ0n) is 9.93. The van der Waals surface area contributed by atoms with Crippen molar-refractivity contribution in [2.24, 2.45) is 0 Å². The number of amides is 1. The van der Waals surface area contributed by atoms with Crippen molar-refractivity contribution in [2.45, 2.75) is 0 Å². The van der Waals surface area contributed by atoms with Crippen LogP contribution in [0.15, 0.2) is 36.5 Å². The van der Waals surface area contributed by atoms with Gasteiger partial charge in [0.25, 0.3) is 5.91 Å². The first-order valence-corrected chi connectivity index (χ1v) is 5.44. The van der Waals surface area contributed by atoms with Crippen LogP contribution in [-0.4, -0.2) is 22.0 Å². The lowest BCUT2D eigenvalue weighted by Crippen LogP contribution is -2.15. The van der Waals surface area contributed by atoms with E-state index < -0.39 is 29.1 Å². The van der Waals surface area contributed by atoms with Gasteiger partial charge in [0.05, 0.1) is 11.1 Å². The van der Waals surface area contributed by atoms with Gasteiger partial charge in [0.2, 0.25) is 0 Å². The molecule has 0 spiro atoms. The number of benzene rings is 1. The molecule has 0 aliphatic rings. The fourth-order valence-corrected chi connectivity index (χ4v) is 1.49. The second kappa shape index (κ2) is 5.43. The molecule has 2 N–H and O–H groups in total. The minimum Gasteiger partial charge on any atom is -0.478 e. The van der Waals surface area contributed by atoms with Crippen molar-refractivity contribution in [3.63, 3.8) is 0 Å². The second-order valence-electron chi connectivity index (χ2n) is 3.79. The van der Waals surface area contributed by atoms with Gasteiger partial charge in [-0.3, -0.25) is 4.79 Å². The smallest absolute Gasteiger partial charge is 0.335 e. The summed E-state index contributed by atoms with van der Waals surface area (Å²) in [6, 6.07) is 5.52. The van der Waals surface area contributed by atoms with Gasteiger partial charge < -0.3 is 10.4 Å². The Hall–Kier alpha value is -2.83. The summed E-state index contributed by atoms with van der Waals surface area (Å²) in [5.41, 5.74) is -0.581. The Morgan fingerprint density at radius 1 is 1.20 bits per heavy atom. The molecule has 1 amide bonds. The summed E-state index contributed by atoms with van der Waals surface area (Å²) < 4.78 is 26.4. The van der Waals surface area contributed by atoms with Crippen molar-refractivity contribution in [2.75, 3.05) is 5.32 Å². The maximum atomic E-state index is 13.4. The summed E-state index contributed by atoms with van der Waals surface area (Å²) in [5, 5.41) is 11.0. The molecule has 1 aromatic carbocycles. The van der Waals surface area contributed by atoms with Gasteiger partial charge in [-0.25, -0.2) is 18.6 Å². The zero-order valence-corrected chi connectivity index (χ0v) is 9.93. The Kier molecular flexibility index (Phi) is 3.69. The number of nitrogens with one attached hydrogen (secondary N) is 1. The van der Waals surface area contributed by atoms with Gasteiger partial charge in [-0.1, -0.05) is 6.07 Å². The Morgan fingerprint density at radius 2 is 1.95 bits per heavy atom. The maximum Gasteiger partial charge on any atom is 0.335 e. The van der Waals surface area contributed by atoms with Crippen molar-refractivity contribution in [3.05, 3.63) is 59.3 Å². The highest BCUT2D eigenvalue weighted by molar-refractivity contribution is 6.04. The molecule has 0 bridgehead atoms. The number of aromatic nitrogens is 1. The highest BCUT2D eigenvalue weighted by atomic mass is 19.2. The van der Waals surface area contributed by atoms with Gasteiger partial charge in [0.1, 0.15) is 5.82 Å². The highest BCUT2D eigenvalue weighted by Crippen LogP contribution is 2.14. The molecule has 0 aliphatic carbocycles. The fraction of sp³-hybridized carbons (Fsp3) is 0. The third-order valence-electron chi connectivity index (χ3n) is 2.44. The summed E-state index contributed by atoms with van der Waals surface area (Å²) >= 11 is 0. The molecule has 102 valence electrons. The van der Waals surface area contributed by atoms with Crippen LogP contribution in [0.25, 0.3) is 0 Å². The number of carboxylic acid groups (broad SMARTS) is 1. The van der Waals surface area contributed by atoms with Gasteiger partial charge in [0.15, 0.2) is 11.6 Å². The van der Waals surface area contributed by atoms with E-state index in [0.717, 1.165) is 18.2 Å². The van der Waals surface area contributed by atoms with Gasteiger partial charge in [0, 0.05) is 6.20 Å². The van der Waals surface area contributed by atoms with Crippen LogP contribution < -0.4 is 5.32 Å². The van der Waals surface area contributed by atoms with Gasteiger partial charge in [-0.2, -0.15) is 0 Å². The number of nitrogens with zero attached hydrogens (tertiary/aromatic N) is 1. The molecule has 0 unspecified atom stereocenters. The van der Waals surface area contributed by atoms with Crippen LogP contribution in [-0.2, 0) is 0 Å². The van der Waals surface area contributed by atoms with Crippen molar-refractivity contribution in [1.29, 1.82) is 0 Å². The molecule has 5 nitrogen and oxygen atoms in total. The Labute approximate surface area is 111 Å². The van der Waals surface area contributed by atoms with E-state index >= 15 is 0 Å². The van der Waals surface area contributed by atoms with Crippen molar-refractivity contribution >= 4 is 17.7 Å². The lowest BCUT2D eigenvalue weighted by Gasteiger charge is -2.06. The average Bonchev–Trinajstić information content (AvgIpc) is 2.42. The Bertz CT molecular complexity index is 689. The molecule has 0 aliphatic heterocycles. The lowest BCUT2D eigenvalue weighted by molar-refractivity contribution is 0.0696. The SMILES string of the molecule is O=C(O)c1ccnc(NC(=O)c2cccc(F)c2F)c1. The average molecular weight is 278 g/mol. The van der Waals surface area contributed by atoms with E-state index in [1.807, 2.05) is 0 Å². The molecule has 0 radical (unpaired) electrons. The van der Waals surface area contributed by atoms with Gasteiger partial charge in [-0.15, -0.1) is 0 Å². The van der Waals surface area contributed by atoms with E-state index in [0.29, 0.717) is 0 Å². The van der Waals surface area contributed by atoms with Crippen LogP contribution in [0.4, 0.5) is 14.6 Å². The first-order chi connectivity index (χ1) is 9.49. The minimum atomic E-state index is -1.28. The lowest BCUT2D eigenvalue weighted by atomic mass is 10.2. The summed E-state index contributed by atoms with van der Waals surface area (Å²) in [6.45, 7) is 0. The highest BCUT2D eigenvalue weighted by Gasteiger charge is 2.16. The number of halogens is 2. The van der Waals surface area contributed by atoms with Crippen molar-refractivity contribution in [1.82, 2.24) is 4.98 Å². The maximum absolute atomic E-state index is 13.4. The first kappa shape index (κ1) is 13.6. The summed E-state index contributed by atoms with van der Waals surface area (Å²) in [5.74, 6) is -4.61. The van der Waals surface area contributed by atoms with E-state index in [9.17, 15) is 18.4 Å². The van der Waals surface area contributed by atoms with E-state index in [4.69, 9.17) is 5.11 Å². The number of carbonyl (C=O) groups is 2. The van der Waals surface area contributed by atoms with Crippen molar-refractivity contribution < 1.29 is 23.5 Å². The standard InChI is InChI=1S/C13H8F2N2O3/c14-9-3-1-2-8(11(9)15)12(18)17-10-6-7(13(19)20)4-5-16-10/h1-6H,(H,19,20)(H,16,17,18). The fourth-order valence-electron chi connectivity index (χ4n) is 1.49. The third kappa shape index (κ3) is 2.77. The number of hydrogen-bond donors (Lipinski definition) is 2. The molecule has 0 saturated heterocycles. The van der Waals surface area contributed by atoms with E-state index in [1.165, 1.54) is 18.3 Å². The zero-order chi connectivity index (χ0) is 14.7. The molecule has 7 heteroatoms. The third-order valence-corrected chi connectivity index (χ3v) is 2.44. The number of hydrogen-bond acceptors (Lipinski definition) is 3. The summed E-state index contributed by atoms with van der Waals surface area (Å²) in [7, 11) is 0. The Morgan fingerprint density at radius 3 is 2.65 bits per heavy atom. The molecular formula is C13H8F2N2O3. The molecule has 2 aromatic rings. The van der Waals surface area contributed by atoms with Crippen molar-refractivity contribution in [3.8, 4) is 0 Å². The molecule has 0 fully saturated rings. The number of pyridine rings is 1. The van der Waals surface area contributed by atoms with Crippen LogP contribution in [0.3, 0.4) is 0 Å². The molecule has 0 atom stereocenters. The number of aromatic carboxylic acids is 1. The van der Waals surface area contributed by atoms with E-state index in [1.54, 1.807) is 0 Å². The predicted molar refractivity (Wildman–Crippen MR) is 65.5 cm³/mol. The Balaban J connectivity index is 2.26. The number of carboxylic acids is 1. The number of anilines is 1. The van der Waals surface area contributed by atoms with Gasteiger partial charge >= 0.3 is 5.97 Å². The van der Waals surface area contributed by atoms with Crippen LogP contribution in [0.2, 0.25) is 0 Å². The summed E-state index contributed by atoms with van der Waals surface area (Å²) in [6.07, 6.45) is 1.18. The number of carbonyl (C=O) groups excluding carboxylic acids is 1. The number of rotatable bonds is 3. The molecule has 0 saturated carbocycles. The molecule has 1 heterocycles.